The van der Waals surface area contributed by atoms with Crippen molar-refractivity contribution in [2.45, 2.75) is 43.1 Å². The number of carbonyl (C=O) groups is 3. The Morgan fingerprint density at radius 3 is 3.03 bits per heavy atom. The van der Waals surface area contributed by atoms with Crippen LogP contribution in [0.15, 0.2) is 40.1 Å². The number of carbonyl (C=O) groups excluding carboxylic acids is 2. The van der Waals surface area contributed by atoms with Gasteiger partial charge in [0.05, 0.1) is 11.9 Å². The van der Waals surface area contributed by atoms with E-state index in [2.05, 4.69) is 26.1 Å². The molecule has 3 aliphatic rings. The molecule has 2 aromatic rings. The first kappa shape index (κ1) is 24.3. The van der Waals surface area contributed by atoms with Crippen molar-refractivity contribution in [1.29, 1.82) is 0 Å². The van der Waals surface area contributed by atoms with Gasteiger partial charge in [-0.3, -0.25) is 14.5 Å². The summed E-state index contributed by atoms with van der Waals surface area (Å²) in [6.45, 7) is 0.409. The van der Waals surface area contributed by atoms with Gasteiger partial charge in [-0.2, -0.15) is 4.57 Å². The van der Waals surface area contributed by atoms with Crippen molar-refractivity contribution in [2.24, 2.45) is 5.16 Å². The monoisotopic (exact) mass is 529 g/mol. The molecule has 5 rings (SSSR count). The normalized spacial score (nSPS) is 21.7. The molecule has 13 heteroatoms. The van der Waals surface area contributed by atoms with E-state index in [0.717, 1.165) is 19.3 Å². The van der Waals surface area contributed by atoms with E-state index in [-0.39, 0.29) is 5.70 Å². The zero-order valence-electron chi connectivity index (χ0n) is 19.4. The maximum atomic E-state index is 13.1. The van der Waals surface area contributed by atoms with Crippen molar-refractivity contribution < 1.29 is 28.9 Å². The Balaban J connectivity index is 1.35. The molecular formula is C23H25N6O5S2+. The molecule has 0 radical (unpaired) electrons. The lowest BCUT2D eigenvalue weighted by Crippen LogP contribution is -2.71. The maximum absolute atomic E-state index is 13.1. The predicted octanol–water partition coefficient (Wildman–Crippen LogP) is 0.656. The molecule has 2 amide bonds. The summed E-state index contributed by atoms with van der Waals surface area (Å²) in [5, 5.41) is 17.9. The highest BCUT2D eigenvalue weighted by Crippen LogP contribution is 2.40. The number of amides is 2. The summed E-state index contributed by atoms with van der Waals surface area (Å²) >= 11 is 2.63. The molecule has 3 atom stereocenters. The van der Waals surface area contributed by atoms with Gasteiger partial charge in [0.25, 0.3) is 5.91 Å². The molecule has 11 nitrogen and oxygen atoms in total. The molecule has 1 fully saturated rings. The highest BCUT2D eigenvalue weighted by Gasteiger charge is 2.55. The van der Waals surface area contributed by atoms with Crippen LogP contribution in [0.25, 0.3) is 0 Å². The van der Waals surface area contributed by atoms with E-state index in [9.17, 15) is 19.5 Å². The number of thioether (sulfide) groups is 1. The van der Waals surface area contributed by atoms with Gasteiger partial charge in [-0.25, -0.2) is 9.78 Å². The largest absolute Gasteiger partial charge is 0.477 e. The van der Waals surface area contributed by atoms with Gasteiger partial charge >= 0.3 is 5.97 Å². The average molecular weight is 530 g/mol. The third-order valence-electron chi connectivity index (χ3n) is 6.51. The third-order valence-corrected chi connectivity index (χ3v) is 8.54. The Bertz CT molecular complexity index is 1290. The minimum atomic E-state index is -1.15. The molecule has 2 aromatic heterocycles. The molecule has 0 saturated carbocycles. The molecule has 2 aliphatic heterocycles. The van der Waals surface area contributed by atoms with Gasteiger partial charge in [0.15, 0.2) is 23.6 Å². The Hall–Kier alpha value is -3.45. The van der Waals surface area contributed by atoms with Crippen LogP contribution in [0.5, 0.6) is 0 Å². The molecular weight excluding hydrogens is 504 g/mol. The van der Waals surface area contributed by atoms with Crippen LogP contribution >= 0.6 is 23.1 Å². The number of thiazole rings is 1. The molecule has 188 valence electrons. The number of hydrogen-bond acceptors (Lipinski definition) is 9. The second kappa shape index (κ2) is 9.90. The summed E-state index contributed by atoms with van der Waals surface area (Å²) in [4.78, 5) is 48.6. The summed E-state index contributed by atoms with van der Waals surface area (Å²) in [5.74, 6) is -2.57. The van der Waals surface area contributed by atoms with Crippen molar-refractivity contribution >= 4 is 52.2 Å². The van der Waals surface area contributed by atoms with Gasteiger partial charge in [-0.15, -0.1) is 23.1 Å². The minimum absolute atomic E-state index is 0.00196. The lowest BCUT2D eigenvalue weighted by Gasteiger charge is -2.49. The van der Waals surface area contributed by atoms with Gasteiger partial charge in [-0.05, 0) is 18.9 Å². The van der Waals surface area contributed by atoms with Crippen LogP contribution in [0.1, 0.15) is 29.3 Å². The van der Waals surface area contributed by atoms with Crippen molar-refractivity contribution in [3.8, 4) is 0 Å². The summed E-state index contributed by atoms with van der Waals surface area (Å²) < 4.78 is 2.09. The number of hydrogen-bond donors (Lipinski definition) is 3. The van der Waals surface area contributed by atoms with Crippen molar-refractivity contribution in [2.75, 3.05) is 18.6 Å². The fourth-order valence-electron chi connectivity index (χ4n) is 4.86. The standard InChI is InChI=1S/C23H24N6O5S2/c1-34-25-8-14(15-11-36-23(24)26-15)19(30)27-17-20(31)29-18(22(32)33)13(10-35-21(17)29)9-28-7-3-5-12-4-2-6-16(12)28/h3,5,7-8,11,14,17,21H,2,4,6,9-10H2,1H3,(H3-,24,26,27,30,32,33)/p+1. The van der Waals surface area contributed by atoms with E-state index in [1.54, 1.807) is 5.38 Å². The first-order chi connectivity index (χ1) is 17.4. The maximum Gasteiger partial charge on any atom is 0.352 e. The summed E-state index contributed by atoms with van der Waals surface area (Å²) in [6, 6.07) is 3.22. The number of nitrogens with two attached hydrogens (primary N) is 1. The molecule has 0 aromatic carbocycles. The van der Waals surface area contributed by atoms with Crippen molar-refractivity contribution in [1.82, 2.24) is 15.2 Å². The molecule has 0 bridgehead atoms. The molecule has 0 spiro atoms. The number of nitrogens with zero attached hydrogens (tertiary/aromatic N) is 4. The Kier molecular flexibility index (Phi) is 6.67. The number of aryl methyl sites for hydroxylation is 1. The van der Waals surface area contributed by atoms with Crippen molar-refractivity contribution in [3.63, 3.8) is 0 Å². The molecule has 4 N–H and O–H groups in total. The van der Waals surface area contributed by atoms with E-state index in [1.165, 1.54) is 52.6 Å². The van der Waals surface area contributed by atoms with Gasteiger partial charge in [0, 0.05) is 34.8 Å². The first-order valence-corrected chi connectivity index (χ1v) is 13.3. The number of carboxylic acids is 1. The van der Waals surface area contributed by atoms with Crippen LogP contribution in [0.2, 0.25) is 0 Å². The number of pyridine rings is 1. The average Bonchev–Trinajstić information content (AvgIpc) is 3.52. The Labute approximate surface area is 215 Å². The van der Waals surface area contributed by atoms with Gasteiger partial charge in [0.1, 0.15) is 30.1 Å². The minimum Gasteiger partial charge on any atom is -0.477 e. The number of oxime groups is 1. The predicted molar refractivity (Wildman–Crippen MR) is 133 cm³/mol. The van der Waals surface area contributed by atoms with Crippen LogP contribution in [-0.4, -0.2) is 63.3 Å². The van der Waals surface area contributed by atoms with E-state index in [1.807, 2.05) is 12.3 Å². The van der Waals surface area contributed by atoms with Crippen LogP contribution in [0, 0.1) is 0 Å². The highest BCUT2D eigenvalue weighted by molar-refractivity contribution is 8.00. The molecule has 4 heterocycles. The number of β-lactam (4-membered cyclic amide) rings is 1. The summed E-state index contributed by atoms with van der Waals surface area (Å²) in [6.07, 6.45) is 6.30. The number of fused-ring (bicyclic) bond motifs is 2. The quantitative estimate of drug-likeness (QED) is 0.195. The second-order valence-corrected chi connectivity index (χ2v) is 10.6. The number of aliphatic carboxylic acids is 1. The topological polar surface area (TPSA) is 151 Å². The second-order valence-electron chi connectivity index (χ2n) is 8.64. The smallest absolute Gasteiger partial charge is 0.352 e. The van der Waals surface area contributed by atoms with E-state index < -0.39 is 35.1 Å². The Morgan fingerprint density at radius 1 is 1.47 bits per heavy atom. The number of nitrogen functional groups attached to an aromatic ring is 1. The molecule has 3 unspecified atom stereocenters. The first-order valence-electron chi connectivity index (χ1n) is 11.4. The Morgan fingerprint density at radius 2 is 2.31 bits per heavy atom. The van der Waals surface area contributed by atoms with Crippen LogP contribution in [0.3, 0.4) is 0 Å². The van der Waals surface area contributed by atoms with Crippen LogP contribution in [-0.2, 0) is 38.6 Å². The molecule has 1 saturated heterocycles. The van der Waals surface area contributed by atoms with E-state index in [4.69, 9.17) is 10.6 Å². The van der Waals surface area contributed by atoms with E-state index >= 15 is 0 Å². The molecule has 36 heavy (non-hydrogen) atoms. The fourth-order valence-corrected chi connectivity index (χ4v) is 6.79. The number of carboxylic acid groups (broad SMARTS) is 1. The number of rotatable bonds is 8. The van der Waals surface area contributed by atoms with Crippen LogP contribution < -0.4 is 15.6 Å². The highest BCUT2D eigenvalue weighted by atomic mass is 32.2. The van der Waals surface area contributed by atoms with Crippen molar-refractivity contribution in [3.05, 3.63) is 51.9 Å². The zero-order valence-corrected chi connectivity index (χ0v) is 21.1. The van der Waals surface area contributed by atoms with Crippen LogP contribution in [0.4, 0.5) is 5.13 Å². The lowest BCUT2D eigenvalue weighted by molar-refractivity contribution is -0.696. The van der Waals surface area contributed by atoms with Gasteiger partial charge in [-0.1, -0.05) is 5.16 Å². The number of anilines is 1. The molecule has 1 aliphatic carbocycles. The fraction of sp³-hybridized carbons (Fsp3) is 0.391. The van der Waals surface area contributed by atoms with Gasteiger partial charge in [0.2, 0.25) is 5.91 Å². The lowest BCUT2D eigenvalue weighted by atomic mass is 10.0. The van der Waals surface area contributed by atoms with Gasteiger partial charge < -0.3 is 21.0 Å². The summed E-state index contributed by atoms with van der Waals surface area (Å²) in [5.41, 5.74) is 9.27. The summed E-state index contributed by atoms with van der Waals surface area (Å²) in [7, 11) is 1.35. The third kappa shape index (κ3) is 4.32. The number of aromatic nitrogens is 2. The van der Waals surface area contributed by atoms with E-state index in [0.29, 0.717) is 28.7 Å². The SMILES string of the molecule is CON=CC(C(=O)NC1C(=O)N2C(C(=O)O)=C(C[n+]3cccc4c3CCC4)CSC12)c1csc(N)n1. The zero-order chi connectivity index (χ0) is 25.4. The number of nitrogens with one attached hydrogen (secondary N) is 1.